The molecule has 0 saturated heterocycles. The summed E-state index contributed by atoms with van der Waals surface area (Å²) in [4.78, 5) is 25.9. The molecule has 0 aromatic heterocycles. The summed E-state index contributed by atoms with van der Waals surface area (Å²) in [5.41, 5.74) is 8.17. The number of carbonyl (C=O) groups excluding carboxylic acids is 2. The van der Waals surface area contributed by atoms with Gasteiger partial charge in [0.25, 0.3) is 0 Å². The largest absolute Gasteiger partial charge is 0.330 e. The van der Waals surface area contributed by atoms with Gasteiger partial charge in [0.15, 0.2) is 5.78 Å². The Hall–Kier alpha value is -1.68. The number of nitrogens with two attached hydrogens (primary N) is 1. The molecule has 4 nitrogen and oxygen atoms in total. The van der Waals surface area contributed by atoms with E-state index in [1.807, 2.05) is 24.0 Å². The van der Waals surface area contributed by atoms with Crippen LogP contribution in [0.1, 0.15) is 49.0 Å². The Balaban J connectivity index is 2.27. The Morgan fingerprint density at radius 3 is 2.75 bits per heavy atom. The first-order valence-electron chi connectivity index (χ1n) is 7.26. The lowest BCUT2D eigenvalue weighted by Gasteiger charge is -2.22. The van der Waals surface area contributed by atoms with Crippen LogP contribution < -0.4 is 10.6 Å². The van der Waals surface area contributed by atoms with Crippen molar-refractivity contribution in [2.75, 3.05) is 11.4 Å². The second kappa shape index (κ2) is 6.18. The van der Waals surface area contributed by atoms with E-state index >= 15 is 0 Å². The zero-order valence-corrected chi connectivity index (χ0v) is 12.2. The number of hydrogen-bond donors (Lipinski definition) is 1. The summed E-state index contributed by atoms with van der Waals surface area (Å²) in [5, 5.41) is 0. The van der Waals surface area contributed by atoms with E-state index in [4.69, 9.17) is 5.73 Å². The van der Waals surface area contributed by atoms with Gasteiger partial charge in [-0.1, -0.05) is 6.92 Å². The van der Waals surface area contributed by atoms with Crippen molar-refractivity contribution in [2.24, 2.45) is 5.73 Å². The van der Waals surface area contributed by atoms with Gasteiger partial charge in [0.1, 0.15) is 0 Å². The van der Waals surface area contributed by atoms with E-state index in [0.717, 1.165) is 24.1 Å². The molecule has 108 valence electrons. The lowest BCUT2D eigenvalue weighted by molar-refractivity contribution is -0.118. The van der Waals surface area contributed by atoms with Crippen LogP contribution in [0.25, 0.3) is 0 Å². The first-order chi connectivity index (χ1) is 9.58. The Morgan fingerprint density at radius 2 is 2.10 bits per heavy atom. The Morgan fingerprint density at radius 1 is 1.35 bits per heavy atom. The van der Waals surface area contributed by atoms with Crippen molar-refractivity contribution in [1.29, 1.82) is 0 Å². The van der Waals surface area contributed by atoms with Gasteiger partial charge >= 0.3 is 0 Å². The molecule has 1 aromatic rings. The zero-order chi connectivity index (χ0) is 14.7. The van der Waals surface area contributed by atoms with E-state index in [1.54, 1.807) is 6.07 Å². The molecule has 0 fully saturated rings. The second-order valence-electron chi connectivity index (χ2n) is 5.37. The van der Waals surface area contributed by atoms with Crippen molar-refractivity contribution in [3.63, 3.8) is 0 Å². The number of anilines is 1. The van der Waals surface area contributed by atoms with Crippen LogP contribution in [0.4, 0.5) is 5.69 Å². The van der Waals surface area contributed by atoms with Crippen molar-refractivity contribution in [1.82, 2.24) is 0 Å². The predicted molar refractivity (Wildman–Crippen MR) is 80.0 cm³/mol. The number of fused-ring (bicyclic) bond motifs is 1. The Bertz CT molecular complexity index is 525. The highest BCUT2D eigenvalue weighted by molar-refractivity contribution is 5.99. The topological polar surface area (TPSA) is 63.4 Å². The van der Waals surface area contributed by atoms with Crippen LogP contribution in [0.15, 0.2) is 18.2 Å². The van der Waals surface area contributed by atoms with Crippen LogP contribution in [-0.4, -0.2) is 24.3 Å². The van der Waals surface area contributed by atoms with E-state index in [-0.39, 0.29) is 17.7 Å². The number of rotatable bonds is 5. The molecule has 1 amide bonds. The molecule has 1 aromatic carbocycles. The van der Waals surface area contributed by atoms with E-state index in [9.17, 15) is 9.59 Å². The number of hydrogen-bond acceptors (Lipinski definition) is 3. The minimum Gasteiger partial charge on any atom is -0.330 e. The molecule has 2 N–H and O–H groups in total. The second-order valence-corrected chi connectivity index (χ2v) is 5.37. The standard InChI is InChI=1S/C16H22N2O2/c1-3-4-16(20)18-11(2)9-13-10-12(5-6-14(13)18)15(19)7-8-17/h5-6,10-11H,3-4,7-9,17H2,1-2H3. The van der Waals surface area contributed by atoms with Crippen molar-refractivity contribution in [3.05, 3.63) is 29.3 Å². The predicted octanol–water partition coefficient (Wildman–Crippen LogP) is 2.30. The normalized spacial score (nSPS) is 17.1. The van der Waals surface area contributed by atoms with Gasteiger partial charge in [-0.2, -0.15) is 0 Å². The van der Waals surface area contributed by atoms with Crippen LogP contribution in [-0.2, 0) is 11.2 Å². The van der Waals surface area contributed by atoms with Gasteiger partial charge in [-0.05, 0) is 50.1 Å². The molecule has 0 saturated carbocycles. The fraction of sp³-hybridized carbons (Fsp3) is 0.500. The third-order valence-electron chi connectivity index (χ3n) is 3.72. The van der Waals surface area contributed by atoms with Gasteiger partial charge in [0, 0.05) is 30.1 Å². The quantitative estimate of drug-likeness (QED) is 0.838. The SMILES string of the molecule is CCCC(=O)N1c2ccc(C(=O)CCN)cc2CC1C. The molecule has 0 bridgehead atoms. The molecule has 0 spiro atoms. The summed E-state index contributed by atoms with van der Waals surface area (Å²) < 4.78 is 0. The molecule has 1 aliphatic heterocycles. The maximum Gasteiger partial charge on any atom is 0.227 e. The molecule has 1 atom stereocenters. The zero-order valence-electron chi connectivity index (χ0n) is 12.2. The van der Waals surface area contributed by atoms with Gasteiger partial charge in [0.2, 0.25) is 5.91 Å². The van der Waals surface area contributed by atoms with Crippen molar-refractivity contribution < 1.29 is 9.59 Å². The number of benzene rings is 1. The van der Waals surface area contributed by atoms with Gasteiger partial charge in [0.05, 0.1) is 0 Å². The first kappa shape index (κ1) is 14.7. The molecule has 20 heavy (non-hydrogen) atoms. The summed E-state index contributed by atoms with van der Waals surface area (Å²) >= 11 is 0. The minimum absolute atomic E-state index is 0.0706. The highest BCUT2D eigenvalue weighted by atomic mass is 16.2. The summed E-state index contributed by atoms with van der Waals surface area (Å²) in [6.45, 7) is 4.43. The minimum atomic E-state index is 0.0706. The van der Waals surface area contributed by atoms with E-state index < -0.39 is 0 Å². The van der Waals surface area contributed by atoms with Gasteiger partial charge in [-0.25, -0.2) is 0 Å². The van der Waals surface area contributed by atoms with Crippen LogP contribution in [0, 0.1) is 0 Å². The fourth-order valence-electron chi connectivity index (χ4n) is 2.79. The number of nitrogens with zero attached hydrogens (tertiary/aromatic N) is 1. The molecule has 0 aliphatic carbocycles. The van der Waals surface area contributed by atoms with Crippen molar-refractivity contribution >= 4 is 17.4 Å². The van der Waals surface area contributed by atoms with Gasteiger partial charge in [-0.15, -0.1) is 0 Å². The number of Topliss-reactive ketones (excluding diaryl/α,β-unsaturated/α-hetero) is 1. The van der Waals surface area contributed by atoms with Crippen molar-refractivity contribution in [2.45, 2.75) is 45.6 Å². The van der Waals surface area contributed by atoms with Crippen LogP contribution in [0.2, 0.25) is 0 Å². The van der Waals surface area contributed by atoms with Gasteiger partial charge < -0.3 is 10.6 Å². The van der Waals surface area contributed by atoms with E-state index in [0.29, 0.717) is 24.9 Å². The summed E-state index contributed by atoms with van der Waals surface area (Å²) in [6, 6.07) is 5.80. The van der Waals surface area contributed by atoms with Gasteiger partial charge in [-0.3, -0.25) is 9.59 Å². The third kappa shape index (κ3) is 2.75. The van der Waals surface area contributed by atoms with Crippen molar-refractivity contribution in [3.8, 4) is 0 Å². The number of ketones is 1. The van der Waals surface area contributed by atoms with Crippen LogP contribution >= 0.6 is 0 Å². The Labute approximate surface area is 119 Å². The maximum atomic E-state index is 12.2. The number of amides is 1. The lowest BCUT2D eigenvalue weighted by Crippen LogP contribution is -2.35. The monoisotopic (exact) mass is 274 g/mol. The molecule has 2 rings (SSSR count). The molecule has 1 heterocycles. The summed E-state index contributed by atoms with van der Waals surface area (Å²) in [6.07, 6.45) is 2.60. The third-order valence-corrected chi connectivity index (χ3v) is 3.72. The highest BCUT2D eigenvalue weighted by Gasteiger charge is 2.30. The summed E-state index contributed by atoms with van der Waals surface area (Å²) in [5.74, 6) is 0.237. The molecular formula is C16H22N2O2. The average molecular weight is 274 g/mol. The molecular weight excluding hydrogens is 252 g/mol. The average Bonchev–Trinajstić information content (AvgIpc) is 2.74. The lowest BCUT2D eigenvalue weighted by atomic mass is 10.0. The maximum absolute atomic E-state index is 12.2. The summed E-state index contributed by atoms with van der Waals surface area (Å²) in [7, 11) is 0. The Kier molecular flexibility index (Phi) is 4.55. The van der Waals surface area contributed by atoms with Crippen LogP contribution in [0.3, 0.4) is 0 Å². The smallest absolute Gasteiger partial charge is 0.227 e. The van der Waals surface area contributed by atoms with Crippen LogP contribution in [0.5, 0.6) is 0 Å². The molecule has 0 radical (unpaired) electrons. The molecule has 1 unspecified atom stereocenters. The van der Waals surface area contributed by atoms with E-state index in [1.165, 1.54) is 0 Å². The first-order valence-corrected chi connectivity index (χ1v) is 7.26. The van der Waals surface area contributed by atoms with E-state index in [2.05, 4.69) is 6.92 Å². The molecule has 1 aliphatic rings. The highest BCUT2D eigenvalue weighted by Crippen LogP contribution is 2.33. The molecule has 4 heteroatoms. The fourth-order valence-corrected chi connectivity index (χ4v) is 2.79. The number of carbonyl (C=O) groups is 2.